The van der Waals surface area contributed by atoms with E-state index in [0.717, 1.165) is 16.7 Å². The number of rotatable bonds is 5. The minimum atomic E-state index is -0.381. The average molecular weight is 368 g/mol. The fourth-order valence-corrected chi connectivity index (χ4v) is 3.21. The molecule has 5 nitrogen and oxygen atoms in total. The molecule has 0 saturated heterocycles. The summed E-state index contributed by atoms with van der Waals surface area (Å²) < 4.78 is 16.5. The van der Waals surface area contributed by atoms with Gasteiger partial charge in [-0.2, -0.15) is 0 Å². The fraction of sp³-hybridized carbons (Fsp3) is 0.364. The summed E-state index contributed by atoms with van der Waals surface area (Å²) in [7, 11) is 0. The Kier molecular flexibility index (Phi) is 6.12. The molecule has 0 radical (unpaired) electrons. The number of hydrogen-bond donors (Lipinski definition) is 0. The van der Waals surface area contributed by atoms with E-state index < -0.39 is 0 Å². The van der Waals surface area contributed by atoms with Crippen molar-refractivity contribution < 1.29 is 23.8 Å². The monoisotopic (exact) mass is 368 g/mol. The van der Waals surface area contributed by atoms with E-state index in [0.29, 0.717) is 30.8 Å². The van der Waals surface area contributed by atoms with Crippen molar-refractivity contribution in [3.05, 3.63) is 64.7 Å². The van der Waals surface area contributed by atoms with E-state index in [9.17, 15) is 9.59 Å². The average Bonchev–Trinajstić information content (AvgIpc) is 2.91. The van der Waals surface area contributed by atoms with E-state index in [1.165, 1.54) is 0 Å². The SMILES string of the molecule is CCOC(=O)C1CCc2ccc(C(=O)OCc3ccccc3)c(C)c2OC1. The smallest absolute Gasteiger partial charge is 0.338 e. The van der Waals surface area contributed by atoms with Crippen LogP contribution in [0.4, 0.5) is 0 Å². The van der Waals surface area contributed by atoms with E-state index in [-0.39, 0.29) is 31.1 Å². The van der Waals surface area contributed by atoms with Crippen molar-refractivity contribution in [3.8, 4) is 5.75 Å². The third kappa shape index (κ3) is 4.48. The van der Waals surface area contributed by atoms with Crippen LogP contribution in [0.25, 0.3) is 0 Å². The van der Waals surface area contributed by atoms with Crippen LogP contribution in [0.3, 0.4) is 0 Å². The zero-order chi connectivity index (χ0) is 19.2. The van der Waals surface area contributed by atoms with Gasteiger partial charge < -0.3 is 14.2 Å². The molecule has 0 amide bonds. The lowest BCUT2D eigenvalue weighted by molar-refractivity contribution is -0.149. The highest BCUT2D eigenvalue weighted by Gasteiger charge is 2.27. The molecule has 1 aliphatic heterocycles. The van der Waals surface area contributed by atoms with Gasteiger partial charge in [-0.15, -0.1) is 0 Å². The Morgan fingerprint density at radius 2 is 1.89 bits per heavy atom. The largest absolute Gasteiger partial charge is 0.492 e. The molecule has 0 bridgehead atoms. The molecule has 27 heavy (non-hydrogen) atoms. The van der Waals surface area contributed by atoms with Crippen LogP contribution in [0.2, 0.25) is 0 Å². The molecule has 0 spiro atoms. The lowest BCUT2D eigenvalue weighted by Crippen LogP contribution is -2.23. The third-order valence-electron chi connectivity index (χ3n) is 4.73. The summed E-state index contributed by atoms with van der Waals surface area (Å²) in [6.45, 7) is 4.49. The molecule has 0 fully saturated rings. The molecule has 2 aromatic carbocycles. The molecule has 142 valence electrons. The highest BCUT2D eigenvalue weighted by molar-refractivity contribution is 5.92. The minimum Gasteiger partial charge on any atom is -0.492 e. The van der Waals surface area contributed by atoms with Crippen LogP contribution in [0, 0.1) is 12.8 Å². The van der Waals surface area contributed by atoms with Gasteiger partial charge in [0.05, 0.1) is 18.1 Å². The lowest BCUT2D eigenvalue weighted by Gasteiger charge is -2.15. The fourth-order valence-electron chi connectivity index (χ4n) is 3.21. The Morgan fingerprint density at radius 1 is 1.11 bits per heavy atom. The number of esters is 2. The predicted octanol–water partition coefficient (Wildman–Crippen LogP) is 3.86. The Labute approximate surface area is 159 Å². The first-order chi connectivity index (χ1) is 13.1. The van der Waals surface area contributed by atoms with Gasteiger partial charge in [0, 0.05) is 5.56 Å². The third-order valence-corrected chi connectivity index (χ3v) is 4.73. The zero-order valence-corrected chi connectivity index (χ0v) is 15.7. The molecule has 1 unspecified atom stereocenters. The Bertz CT molecular complexity index is 813. The van der Waals surface area contributed by atoms with E-state index in [1.807, 2.05) is 43.3 Å². The first-order valence-electron chi connectivity index (χ1n) is 9.23. The Balaban J connectivity index is 1.71. The van der Waals surface area contributed by atoms with Gasteiger partial charge in [-0.1, -0.05) is 36.4 Å². The van der Waals surface area contributed by atoms with Gasteiger partial charge in [0.2, 0.25) is 0 Å². The van der Waals surface area contributed by atoms with Crippen LogP contribution in [-0.2, 0) is 27.3 Å². The Morgan fingerprint density at radius 3 is 2.63 bits per heavy atom. The molecule has 0 N–H and O–H groups in total. The summed E-state index contributed by atoms with van der Waals surface area (Å²) in [4.78, 5) is 24.5. The molecular weight excluding hydrogens is 344 g/mol. The predicted molar refractivity (Wildman–Crippen MR) is 101 cm³/mol. The van der Waals surface area contributed by atoms with Crippen LogP contribution in [0.5, 0.6) is 5.75 Å². The summed E-state index contributed by atoms with van der Waals surface area (Å²) >= 11 is 0. The van der Waals surface area contributed by atoms with Crippen LogP contribution in [0.15, 0.2) is 42.5 Å². The van der Waals surface area contributed by atoms with Crippen molar-refractivity contribution in [1.29, 1.82) is 0 Å². The van der Waals surface area contributed by atoms with Crippen molar-refractivity contribution in [1.82, 2.24) is 0 Å². The first kappa shape index (κ1) is 19.0. The second kappa shape index (κ2) is 8.71. The summed E-state index contributed by atoms with van der Waals surface area (Å²) in [6, 6.07) is 13.2. The second-order valence-corrected chi connectivity index (χ2v) is 6.59. The van der Waals surface area contributed by atoms with Gasteiger partial charge in [-0.25, -0.2) is 4.79 Å². The number of hydrogen-bond acceptors (Lipinski definition) is 5. The molecule has 1 aliphatic rings. The lowest BCUT2D eigenvalue weighted by atomic mass is 9.98. The maximum Gasteiger partial charge on any atom is 0.338 e. The number of aryl methyl sites for hydroxylation is 1. The zero-order valence-electron chi connectivity index (χ0n) is 15.7. The van der Waals surface area contributed by atoms with E-state index in [4.69, 9.17) is 14.2 Å². The Hall–Kier alpha value is -2.82. The van der Waals surface area contributed by atoms with Gasteiger partial charge in [0.25, 0.3) is 0 Å². The van der Waals surface area contributed by atoms with Crippen LogP contribution >= 0.6 is 0 Å². The molecule has 0 saturated carbocycles. The van der Waals surface area contributed by atoms with Crippen molar-refractivity contribution in [3.63, 3.8) is 0 Å². The van der Waals surface area contributed by atoms with Crippen molar-refractivity contribution in [2.75, 3.05) is 13.2 Å². The molecule has 5 heteroatoms. The summed E-state index contributed by atoms with van der Waals surface area (Å²) in [6.07, 6.45) is 1.38. The number of carbonyl (C=O) groups is 2. The normalized spacial score (nSPS) is 15.9. The van der Waals surface area contributed by atoms with Gasteiger partial charge in [-0.05, 0) is 43.9 Å². The number of fused-ring (bicyclic) bond motifs is 1. The van der Waals surface area contributed by atoms with Gasteiger partial charge in [-0.3, -0.25) is 4.79 Å². The number of carbonyl (C=O) groups excluding carboxylic acids is 2. The summed E-state index contributed by atoms with van der Waals surface area (Å²) in [5.74, 6) is -0.222. The molecular formula is C22H24O5. The van der Waals surface area contributed by atoms with E-state index in [1.54, 1.807) is 13.0 Å². The van der Waals surface area contributed by atoms with E-state index >= 15 is 0 Å². The maximum atomic E-state index is 12.5. The van der Waals surface area contributed by atoms with Crippen LogP contribution in [-0.4, -0.2) is 25.2 Å². The summed E-state index contributed by atoms with van der Waals surface area (Å²) in [5, 5.41) is 0. The first-order valence-corrected chi connectivity index (χ1v) is 9.23. The number of ether oxygens (including phenoxy) is 3. The van der Waals surface area contributed by atoms with Gasteiger partial charge in [0.1, 0.15) is 19.0 Å². The molecule has 0 aliphatic carbocycles. The van der Waals surface area contributed by atoms with Crippen molar-refractivity contribution in [2.45, 2.75) is 33.3 Å². The molecule has 3 rings (SSSR count). The van der Waals surface area contributed by atoms with Crippen LogP contribution in [0.1, 0.15) is 40.4 Å². The number of benzene rings is 2. The molecule has 0 aromatic heterocycles. The van der Waals surface area contributed by atoms with E-state index in [2.05, 4.69) is 0 Å². The van der Waals surface area contributed by atoms with Crippen LogP contribution < -0.4 is 4.74 Å². The summed E-state index contributed by atoms with van der Waals surface area (Å²) in [5.41, 5.74) is 3.17. The molecule has 2 aromatic rings. The topological polar surface area (TPSA) is 61.8 Å². The highest BCUT2D eigenvalue weighted by atomic mass is 16.5. The molecule has 1 heterocycles. The van der Waals surface area contributed by atoms with Crippen molar-refractivity contribution >= 4 is 11.9 Å². The second-order valence-electron chi connectivity index (χ2n) is 6.59. The standard InChI is InChI=1S/C22H24O5/c1-3-25-21(23)18-10-9-17-11-12-19(15(2)20(17)26-14-18)22(24)27-13-16-7-5-4-6-8-16/h4-8,11-12,18H,3,9-10,13-14H2,1-2H3. The van der Waals surface area contributed by atoms with Gasteiger partial charge in [0.15, 0.2) is 0 Å². The highest BCUT2D eigenvalue weighted by Crippen LogP contribution is 2.32. The quantitative estimate of drug-likeness (QED) is 0.750. The molecule has 1 atom stereocenters. The maximum absolute atomic E-state index is 12.5. The minimum absolute atomic E-state index is 0.224. The van der Waals surface area contributed by atoms with Gasteiger partial charge >= 0.3 is 11.9 Å². The van der Waals surface area contributed by atoms with Crippen molar-refractivity contribution in [2.24, 2.45) is 5.92 Å².